The number of aryl methyl sites for hydroxylation is 1. The number of aromatic nitrogens is 1. The third-order valence-corrected chi connectivity index (χ3v) is 1.53. The lowest BCUT2D eigenvalue weighted by Gasteiger charge is -1.94. The van der Waals surface area contributed by atoms with Gasteiger partial charge < -0.3 is 10.3 Å². The largest absolute Gasteiger partial charge is 0.359 e. The normalized spacial score (nSPS) is 13.4. The second-order valence-corrected chi connectivity index (χ2v) is 2.76. The molecule has 0 aliphatic heterocycles. The summed E-state index contributed by atoms with van der Waals surface area (Å²) in [5, 5.41) is 3.87. The van der Waals surface area contributed by atoms with Crippen LogP contribution in [-0.4, -0.2) is 5.16 Å². The zero-order valence-electron chi connectivity index (χ0n) is 7.00. The SMILES string of the molecule is CCCc1cc(C(C)N)on1. The fourth-order valence-corrected chi connectivity index (χ4v) is 0.917. The Morgan fingerprint density at radius 3 is 2.91 bits per heavy atom. The van der Waals surface area contributed by atoms with Crippen LogP contribution >= 0.6 is 0 Å². The first-order chi connectivity index (χ1) is 5.24. The van der Waals surface area contributed by atoms with Crippen molar-refractivity contribution < 1.29 is 4.52 Å². The third kappa shape index (κ3) is 2.05. The van der Waals surface area contributed by atoms with Gasteiger partial charge >= 0.3 is 0 Å². The van der Waals surface area contributed by atoms with Crippen molar-refractivity contribution >= 4 is 0 Å². The molecule has 0 radical (unpaired) electrons. The lowest BCUT2D eigenvalue weighted by Crippen LogP contribution is -2.02. The van der Waals surface area contributed by atoms with Crippen molar-refractivity contribution in [2.75, 3.05) is 0 Å². The summed E-state index contributed by atoms with van der Waals surface area (Å²) in [5.41, 5.74) is 6.59. The van der Waals surface area contributed by atoms with Crippen LogP contribution in [0.1, 0.15) is 37.8 Å². The molecular weight excluding hydrogens is 140 g/mol. The smallest absolute Gasteiger partial charge is 0.153 e. The van der Waals surface area contributed by atoms with Crippen molar-refractivity contribution in [2.24, 2.45) is 5.73 Å². The van der Waals surface area contributed by atoms with Gasteiger partial charge in [0.05, 0.1) is 11.7 Å². The predicted octanol–water partition coefficient (Wildman–Crippen LogP) is 1.65. The molecule has 1 rings (SSSR count). The minimum Gasteiger partial charge on any atom is -0.359 e. The Morgan fingerprint density at radius 1 is 1.73 bits per heavy atom. The van der Waals surface area contributed by atoms with Crippen molar-refractivity contribution in [2.45, 2.75) is 32.7 Å². The minimum atomic E-state index is -0.0480. The van der Waals surface area contributed by atoms with E-state index < -0.39 is 0 Å². The van der Waals surface area contributed by atoms with Crippen LogP contribution in [-0.2, 0) is 6.42 Å². The van der Waals surface area contributed by atoms with Gasteiger partial charge in [-0.05, 0) is 13.3 Å². The first-order valence-electron chi connectivity index (χ1n) is 3.95. The highest BCUT2D eigenvalue weighted by Crippen LogP contribution is 2.11. The number of nitrogens with zero attached hydrogens (tertiary/aromatic N) is 1. The summed E-state index contributed by atoms with van der Waals surface area (Å²) >= 11 is 0. The van der Waals surface area contributed by atoms with E-state index >= 15 is 0 Å². The van der Waals surface area contributed by atoms with Crippen molar-refractivity contribution in [3.63, 3.8) is 0 Å². The van der Waals surface area contributed by atoms with E-state index in [1.807, 2.05) is 13.0 Å². The Bertz CT molecular complexity index is 218. The highest BCUT2D eigenvalue weighted by Gasteiger charge is 2.06. The van der Waals surface area contributed by atoms with Gasteiger partial charge in [-0.25, -0.2) is 0 Å². The third-order valence-electron chi connectivity index (χ3n) is 1.53. The van der Waals surface area contributed by atoms with Crippen LogP contribution in [0.15, 0.2) is 10.6 Å². The van der Waals surface area contributed by atoms with E-state index in [1.54, 1.807) is 0 Å². The highest BCUT2D eigenvalue weighted by atomic mass is 16.5. The summed E-state index contributed by atoms with van der Waals surface area (Å²) in [6, 6.07) is 1.88. The summed E-state index contributed by atoms with van der Waals surface area (Å²) in [7, 11) is 0. The average Bonchev–Trinajstić information content (AvgIpc) is 2.37. The van der Waals surface area contributed by atoms with Crippen LogP contribution in [0.2, 0.25) is 0 Å². The van der Waals surface area contributed by atoms with Crippen LogP contribution in [0, 0.1) is 0 Å². The van der Waals surface area contributed by atoms with Gasteiger partial charge in [0.25, 0.3) is 0 Å². The number of hydrogen-bond donors (Lipinski definition) is 1. The molecule has 0 saturated heterocycles. The van der Waals surface area contributed by atoms with Gasteiger partial charge in [-0.1, -0.05) is 18.5 Å². The molecule has 11 heavy (non-hydrogen) atoms. The number of hydrogen-bond acceptors (Lipinski definition) is 3. The highest BCUT2D eigenvalue weighted by molar-refractivity contribution is 5.07. The van der Waals surface area contributed by atoms with Gasteiger partial charge in [-0.15, -0.1) is 0 Å². The topological polar surface area (TPSA) is 52.0 Å². The van der Waals surface area contributed by atoms with Gasteiger partial charge in [-0.2, -0.15) is 0 Å². The standard InChI is InChI=1S/C8H14N2O/c1-3-4-7-5-8(6(2)9)11-10-7/h5-6H,3-4,9H2,1-2H3. The van der Waals surface area contributed by atoms with E-state index in [1.165, 1.54) is 0 Å². The second-order valence-electron chi connectivity index (χ2n) is 2.76. The molecule has 0 bridgehead atoms. The van der Waals surface area contributed by atoms with Gasteiger partial charge in [0, 0.05) is 6.07 Å². The zero-order valence-corrected chi connectivity index (χ0v) is 7.00. The summed E-state index contributed by atoms with van der Waals surface area (Å²) in [4.78, 5) is 0. The molecule has 2 N–H and O–H groups in total. The molecule has 0 fully saturated rings. The maximum atomic E-state index is 5.59. The van der Waals surface area contributed by atoms with E-state index in [0.29, 0.717) is 0 Å². The van der Waals surface area contributed by atoms with Crippen molar-refractivity contribution in [3.05, 3.63) is 17.5 Å². The number of nitrogens with two attached hydrogens (primary N) is 1. The first-order valence-corrected chi connectivity index (χ1v) is 3.95. The van der Waals surface area contributed by atoms with E-state index in [9.17, 15) is 0 Å². The molecular formula is C8H14N2O. The molecule has 1 heterocycles. The van der Waals surface area contributed by atoms with Gasteiger partial charge in [0.2, 0.25) is 0 Å². The van der Waals surface area contributed by atoms with Crippen molar-refractivity contribution in [1.29, 1.82) is 0 Å². The Morgan fingerprint density at radius 2 is 2.45 bits per heavy atom. The molecule has 0 aliphatic rings. The van der Waals surface area contributed by atoms with Crippen molar-refractivity contribution in [1.82, 2.24) is 5.16 Å². The van der Waals surface area contributed by atoms with Crippen LogP contribution in [0.5, 0.6) is 0 Å². The zero-order chi connectivity index (χ0) is 8.27. The van der Waals surface area contributed by atoms with E-state index in [2.05, 4.69) is 12.1 Å². The van der Waals surface area contributed by atoms with Crippen LogP contribution in [0.25, 0.3) is 0 Å². The second kappa shape index (κ2) is 3.53. The molecule has 1 atom stereocenters. The van der Waals surface area contributed by atoms with Crippen LogP contribution in [0.4, 0.5) is 0 Å². The van der Waals surface area contributed by atoms with Crippen LogP contribution in [0.3, 0.4) is 0 Å². The Hall–Kier alpha value is -0.830. The molecule has 0 aromatic carbocycles. The van der Waals surface area contributed by atoms with E-state index in [-0.39, 0.29) is 6.04 Å². The van der Waals surface area contributed by atoms with Gasteiger partial charge in [0.15, 0.2) is 5.76 Å². The molecule has 62 valence electrons. The Kier molecular flexibility index (Phi) is 2.65. The summed E-state index contributed by atoms with van der Waals surface area (Å²) < 4.78 is 5.00. The molecule has 0 aliphatic carbocycles. The molecule has 0 spiro atoms. The van der Waals surface area contributed by atoms with Gasteiger partial charge in [0.1, 0.15) is 0 Å². The molecule has 0 saturated carbocycles. The summed E-state index contributed by atoms with van der Waals surface area (Å²) in [6.07, 6.45) is 2.06. The maximum absolute atomic E-state index is 5.59. The Labute approximate surface area is 66.6 Å². The lowest BCUT2D eigenvalue weighted by molar-refractivity contribution is 0.362. The van der Waals surface area contributed by atoms with E-state index in [0.717, 1.165) is 24.3 Å². The average molecular weight is 154 g/mol. The first kappa shape index (κ1) is 8.27. The quantitative estimate of drug-likeness (QED) is 0.720. The van der Waals surface area contributed by atoms with Crippen molar-refractivity contribution in [3.8, 4) is 0 Å². The fourth-order valence-electron chi connectivity index (χ4n) is 0.917. The number of rotatable bonds is 3. The predicted molar refractivity (Wildman–Crippen MR) is 43.1 cm³/mol. The monoisotopic (exact) mass is 154 g/mol. The molecule has 1 unspecified atom stereocenters. The molecule has 1 aromatic rings. The maximum Gasteiger partial charge on any atom is 0.153 e. The molecule has 1 aromatic heterocycles. The van der Waals surface area contributed by atoms with Crippen LogP contribution < -0.4 is 5.73 Å². The summed E-state index contributed by atoms with van der Waals surface area (Å²) in [6.45, 7) is 4.00. The molecule has 0 amide bonds. The Balaban J connectivity index is 2.66. The summed E-state index contributed by atoms with van der Waals surface area (Å²) in [5.74, 6) is 0.772. The lowest BCUT2D eigenvalue weighted by atomic mass is 10.2. The minimum absolute atomic E-state index is 0.0480. The van der Waals surface area contributed by atoms with E-state index in [4.69, 9.17) is 10.3 Å². The fraction of sp³-hybridized carbons (Fsp3) is 0.625. The molecule has 3 heteroatoms. The van der Waals surface area contributed by atoms with Gasteiger partial charge in [-0.3, -0.25) is 0 Å². The molecule has 3 nitrogen and oxygen atoms in total.